The second kappa shape index (κ2) is 12.9. The van der Waals surface area contributed by atoms with Crippen molar-refractivity contribution in [2.24, 2.45) is 17.8 Å². The second-order valence-electron chi connectivity index (χ2n) is 13.7. The topological polar surface area (TPSA) is 49.7 Å². The Labute approximate surface area is 249 Å². The van der Waals surface area contributed by atoms with E-state index < -0.39 is 8.32 Å². The van der Waals surface area contributed by atoms with Crippen LogP contribution < -0.4 is 10.4 Å². The lowest BCUT2D eigenvalue weighted by Crippen LogP contribution is -2.68. The van der Waals surface area contributed by atoms with Gasteiger partial charge in [-0.25, -0.2) is 0 Å². The Hall–Kier alpha value is -2.40. The van der Waals surface area contributed by atoms with E-state index in [1.54, 1.807) is 0 Å². The van der Waals surface area contributed by atoms with Crippen LogP contribution in [0.2, 0.25) is 5.04 Å². The Morgan fingerprint density at radius 3 is 2.12 bits per heavy atom. The lowest BCUT2D eigenvalue weighted by Gasteiger charge is -2.46. The monoisotopic (exact) mass is 570 g/mol. The lowest BCUT2D eigenvalue weighted by atomic mass is 9.73. The minimum absolute atomic E-state index is 0.0745. The Bertz CT molecular complexity index is 1210. The molecule has 4 heteroatoms. The third-order valence-electron chi connectivity index (χ3n) is 10.1. The first-order valence-corrected chi connectivity index (χ1v) is 17.9. The van der Waals surface area contributed by atoms with Crippen molar-refractivity contribution >= 4 is 18.7 Å². The van der Waals surface area contributed by atoms with Gasteiger partial charge >= 0.3 is 0 Å². The number of rotatable bonds is 11. The van der Waals surface area contributed by atoms with Gasteiger partial charge in [0.15, 0.2) is 0 Å². The number of hydrogen-bond donors (Lipinski definition) is 2. The molecule has 0 heterocycles. The zero-order valence-electron chi connectivity index (χ0n) is 25.6. The number of aliphatic hydroxyl groups excluding tert-OH is 1. The molecule has 0 aromatic heterocycles. The first kappa shape index (κ1) is 30.1. The number of phenolic OH excluding ortho intramolecular Hbond substituents is 1. The summed E-state index contributed by atoms with van der Waals surface area (Å²) in [6.07, 6.45) is 8.99. The average Bonchev–Trinajstić information content (AvgIpc) is 3.30. The van der Waals surface area contributed by atoms with Gasteiger partial charge in [-0.05, 0) is 88.9 Å². The van der Waals surface area contributed by atoms with Gasteiger partial charge in [0, 0.05) is 6.10 Å². The van der Waals surface area contributed by atoms with Gasteiger partial charge in [0.05, 0.1) is 6.10 Å². The predicted molar refractivity (Wildman–Crippen MR) is 172 cm³/mol. The number of hydrogen-bond acceptors (Lipinski definition) is 3. The molecule has 0 saturated heterocycles. The third kappa shape index (κ3) is 6.21. The number of unbranched alkanes of at least 4 members (excludes halogenated alkanes) is 2. The van der Waals surface area contributed by atoms with Gasteiger partial charge in [0.2, 0.25) is 0 Å². The molecule has 0 spiro atoms. The van der Waals surface area contributed by atoms with Crippen molar-refractivity contribution in [2.75, 3.05) is 0 Å². The smallest absolute Gasteiger partial charge is 0.261 e. The van der Waals surface area contributed by atoms with Crippen molar-refractivity contribution in [3.8, 4) is 5.75 Å². The fourth-order valence-electron chi connectivity index (χ4n) is 8.00. The Morgan fingerprint density at radius 2 is 1.51 bits per heavy atom. The Kier molecular flexibility index (Phi) is 9.42. The maximum Gasteiger partial charge on any atom is 0.261 e. The molecule has 1 fully saturated rings. The summed E-state index contributed by atoms with van der Waals surface area (Å²) in [7, 11) is -2.71. The molecule has 2 aliphatic rings. The van der Waals surface area contributed by atoms with Crippen LogP contribution in [0, 0.1) is 17.8 Å². The van der Waals surface area contributed by atoms with Gasteiger partial charge in [-0.2, -0.15) is 0 Å². The summed E-state index contributed by atoms with van der Waals surface area (Å²) in [5, 5.41) is 24.3. The number of aromatic hydroxyl groups is 1. The van der Waals surface area contributed by atoms with Crippen LogP contribution in [0.5, 0.6) is 5.75 Å². The van der Waals surface area contributed by atoms with Crippen LogP contribution in [0.15, 0.2) is 78.9 Å². The molecule has 1 saturated carbocycles. The highest BCUT2D eigenvalue weighted by Gasteiger charge is 2.55. The van der Waals surface area contributed by atoms with Gasteiger partial charge in [-0.3, -0.25) is 0 Å². The summed E-state index contributed by atoms with van der Waals surface area (Å²) in [6, 6.07) is 28.0. The molecule has 3 nitrogen and oxygen atoms in total. The molecular weight excluding hydrogens is 520 g/mol. The normalized spacial score (nSPS) is 23.1. The molecular formula is C37H50O3Si. The van der Waals surface area contributed by atoms with E-state index in [2.05, 4.69) is 94.4 Å². The van der Waals surface area contributed by atoms with E-state index in [-0.39, 0.29) is 17.2 Å². The van der Waals surface area contributed by atoms with Crippen molar-refractivity contribution in [1.82, 2.24) is 0 Å². The molecule has 0 bridgehead atoms. The fourth-order valence-corrected chi connectivity index (χ4v) is 12.7. The molecule has 3 aromatic carbocycles. The maximum atomic E-state index is 11.0. The largest absolute Gasteiger partial charge is 0.508 e. The summed E-state index contributed by atoms with van der Waals surface area (Å²) in [5.74, 6) is 1.83. The molecule has 41 heavy (non-hydrogen) atoms. The summed E-state index contributed by atoms with van der Waals surface area (Å²) in [6.45, 7) is 9.31. The van der Waals surface area contributed by atoms with Crippen LogP contribution in [0.25, 0.3) is 0 Å². The van der Waals surface area contributed by atoms with Crippen LogP contribution in [0.4, 0.5) is 0 Å². The summed E-state index contributed by atoms with van der Waals surface area (Å²) >= 11 is 0. The minimum Gasteiger partial charge on any atom is -0.508 e. The highest BCUT2D eigenvalue weighted by Crippen LogP contribution is 2.51. The van der Waals surface area contributed by atoms with E-state index in [1.165, 1.54) is 28.8 Å². The van der Waals surface area contributed by atoms with Gasteiger partial charge in [-0.15, -0.1) is 0 Å². The van der Waals surface area contributed by atoms with E-state index in [9.17, 15) is 10.2 Å². The van der Waals surface area contributed by atoms with E-state index in [0.29, 0.717) is 23.5 Å². The summed E-state index contributed by atoms with van der Waals surface area (Å²) in [4.78, 5) is 0. The SMILES string of the molecule is CCCCCC(O)CC[C@@H]1[C@H]2Cc3cccc(O)c3C[C@H]2C[C@H]1O[Si](c1ccccc1)(c1ccccc1)C(C)(C)C. The lowest BCUT2D eigenvalue weighted by molar-refractivity contribution is 0.0949. The minimum atomic E-state index is -2.71. The standard InChI is InChI=1S/C37H50O3Si/c1-5-6-9-16-29(38)22-23-32-33-24-27-15-14-21-35(39)34(27)25-28(33)26-36(32)40-41(37(2,3)4,30-17-10-7-11-18-30)31-19-12-8-13-20-31/h7-8,10-15,17-21,28-29,32-33,36,38-39H,5-6,9,16,22-26H2,1-4H3/t28-,29?,32+,33-,36+/m0/s1. The number of benzene rings is 3. The van der Waals surface area contributed by atoms with Crippen molar-refractivity contribution in [1.29, 1.82) is 0 Å². The van der Waals surface area contributed by atoms with Crippen LogP contribution in [-0.2, 0) is 17.3 Å². The molecule has 220 valence electrons. The number of aliphatic hydroxyl groups is 1. The van der Waals surface area contributed by atoms with Gasteiger partial charge in [-0.1, -0.05) is 120 Å². The highest BCUT2D eigenvalue weighted by molar-refractivity contribution is 6.99. The molecule has 1 unspecified atom stereocenters. The molecule has 0 radical (unpaired) electrons. The fraction of sp³-hybridized carbons (Fsp3) is 0.514. The predicted octanol–water partition coefficient (Wildman–Crippen LogP) is 7.41. The molecule has 5 rings (SSSR count). The quantitative estimate of drug-likeness (QED) is 0.186. The van der Waals surface area contributed by atoms with Crippen molar-refractivity contribution in [3.05, 3.63) is 90.0 Å². The van der Waals surface area contributed by atoms with Crippen LogP contribution in [-0.4, -0.2) is 30.7 Å². The van der Waals surface area contributed by atoms with Gasteiger partial charge in [0.25, 0.3) is 8.32 Å². The van der Waals surface area contributed by atoms with E-state index in [0.717, 1.165) is 50.5 Å². The van der Waals surface area contributed by atoms with E-state index >= 15 is 0 Å². The molecule has 2 aliphatic carbocycles. The number of phenols is 1. The Balaban J connectivity index is 1.52. The number of fused-ring (bicyclic) bond motifs is 2. The molecule has 0 amide bonds. The zero-order valence-corrected chi connectivity index (χ0v) is 26.6. The summed E-state index contributed by atoms with van der Waals surface area (Å²) in [5.41, 5.74) is 2.43. The first-order chi connectivity index (χ1) is 19.7. The van der Waals surface area contributed by atoms with Crippen LogP contribution >= 0.6 is 0 Å². The molecule has 0 aliphatic heterocycles. The molecule has 3 aromatic rings. The van der Waals surface area contributed by atoms with Crippen molar-refractivity contribution in [3.63, 3.8) is 0 Å². The van der Waals surface area contributed by atoms with Gasteiger partial charge in [0.1, 0.15) is 5.75 Å². The third-order valence-corrected chi connectivity index (χ3v) is 15.1. The second-order valence-corrected chi connectivity index (χ2v) is 17.9. The maximum absolute atomic E-state index is 11.0. The zero-order chi connectivity index (χ0) is 29.0. The average molecular weight is 571 g/mol. The van der Waals surface area contributed by atoms with Crippen LogP contribution in [0.3, 0.4) is 0 Å². The van der Waals surface area contributed by atoms with Crippen LogP contribution in [0.1, 0.15) is 83.8 Å². The highest BCUT2D eigenvalue weighted by atomic mass is 28.4. The van der Waals surface area contributed by atoms with Gasteiger partial charge < -0.3 is 14.6 Å². The van der Waals surface area contributed by atoms with Crippen molar-refractivity contribution < 1.29 is 14.6 Å². The summed E-state index contributed by atoms with van der Waals surface area (Å²) < 4.78 is 7.79. The van der Waals surface area contributed by atoms with E-state index in [1.807, 2.05) is 12.1 Å². The Morgan fingerprint density at radius 1 is 0.854 bits per heavy atom. The first-order valence-electron chi connectivity index (χ1n) is 16.0. The molecule has 2 N–H and O–H groups in total. The molecule has 5 atom stereocenters. The van der Waals surface area contributed by atoms with E-state index in [4.69, 9.17) is 4.43 Å². The van der Waals surface area contributed by atoms with Crippen molar-refractivity contribution in [2.45, 2.75) is 103 Å².